The van der Waals surface area contributed by atoms with Gasteiger partial charge in [-0.1, -0.05) is 30.3 Å². The Bertz CT molecular complexity index is 1220. The summed E-state index contributed by atoms with van der Waals surface area (Å²) >= 11 is 0. The summed E-state index contributed by atoms with van der Waals surface area (Å²) in [6.07, 6.45) is 4.56. The molecule has 1 aliphatic heterocycles. The number of nitrogens with zero attached hydrogens (tertiary/aromatic N) is 3. The van der Waals surface area contributed by atoms with E-state index in [1.807, 2.05) is 42.0 Å². The molecule has 9 heteroatoms. The number of aryl methyl sites for hydroxylation is 1. The summed E-state index contributed by atoms with van der Waals surface area (Å²) in [7, 11) is -3.52. The quantitative estimate of drug-likeness (QED) is 0.575. The van der Waals surface area contributed by atoms with Crippen molar-refractivity contribution in [2.24, 2.45) is 5.92 Å². The second kappa shape index (κ2) is 9.84. The summed E-state index contributed by atoms with van der Waals surface area (Å²) in [6, 6.07) is 13.3. The van der Waals surface area contributed by atoms with Crippen LogP contribution < -0.4 is 5.32 Å². The number of nitrogens with one attached hydrogen (secondary N) is 1. The van der Waals surface area contributed by atoms with Gasteiger partial charge in [-0.2, -0.15) is 0 Å². The fourth-order valence-electron chi connectivity index (χ4n) is 4.13. The first-order valence-electron chi connectivity index (χ1n) is 10.9. The van der Waals surface area contributed by atoms with Gasteiger partial charge in [0, 0.05) is 37.9 Å². The van der Waals surface area contributed by atoms with Crippen LogP contribution in [0.2, 0.25) is 0 Å². The first kappa shape index (κ1) is 23.1. The van der Waals surface area contributed by atoms with Gasteiger partial charge in [0.15, 0.2) is 0 Å². The summed E-state index contributed by atoms with van der Waals surface area (Å²) in [5, 5.41) is 3.01. The molecule has 1 saturated heterocycles. The van der Waals surface area contributed by atoms with Crippen LogP contribution >= 0.6 is 0 Å². The number of halogens is 1. The summed E-state index contributed by atoms with van der Waals surface area (Å²) in [5.41, 5.74) is 2.49. The first-order valence-corrected chi connectivity index (χ1v) is 12.5. The van der Waals surface area contributed by atoms with Crippen LogP contribution in [-0.4, -0.2) is 41.3 Å². The number of carbonyl (C=O) groups is 1. The van der Waals surface area contributed by atoms with Crippen molar-refractivity contribution < 1.29 is 17.6 Å². The zero-order chi connectivity index (χ0) is 23.4. The Morgan fingerprint density at radius 1 is 1.12 bits per heavy atom. The molecule has 7 nitrogen and oxygen atoms in total. The summed E-state index contributed by atoms with van der Waals surface area (Å²) in [6.45, 7) is 2.90. The molecule has 1 N–H and O–H groups in total. The minimum Gasteiger partial charge on any atom is -0.352 e. The van der Waals surface area contributed by atoms with Crippen molar-refractivity contribution in [3.8, 4) is 5.69 Å². The molecule has 0 aliphatic carbocycles. The molecular weight excluding hydrogens is 443 g/mol. The molecule has 0 atom stereocenters. The largest absolute Gasteiger partial charge is 0.352 e. The van der Waals surface area contributed by atoms with E-state index < -0.39 is 15.8 Å². The molecule has 4 rings (SSSR count). The average molecular weight is 471 g/mol. The summed E-state index contributed by atoms with van der Waals surface area (Å²) in [4.78, 5) is 17.0. The van der Waals surface area contributed by atoms with E-state index in [9.17, 15) is 17.6 Å². The highest BCUT2D eigenvalue weighted by Crippen LogP contribution is 2.23. The van der Waals surface area contributed by atoms with E-state index in [2.05, 4.69) is 10.3 Å². The molecule has 0 bridgehead atoms. The van der Waals surface area contributed by atoms with E-state index in [-0.39, 0.29) is 17.6 Å². The number of rotatable bonds is 7. The van der Waals surface area contributed by atoms with Crippen molar-refractivity contribution in [2.45, 2.75) is 32.1 Å². The fraction of sp³-hybridized carbons (Fsp3) is 0.333. The van der Waals surface area contributed by atoms with Crippen LogP contribution in [0.3, 0.4) is 0 Å². The van der Waals surface area contributed by atoms with Gasteiger partial charge in [0.1, 0.15) is 11.6 Å². The van der Waals surface area contributed by atoms with Crippen LogP contribution in [0.25, 0.3) is 5.69 Å². The minimum absolute atomic E-state index is 0.0669. The Balaban J connectivity index is 1.32. The molecule has 2 heterocycles. The Morgan fingerprint density at radius 2 is 1.82 bits per heavy atom. The zero-order valence-corrected chi connectivity index (χ0v) is 19.3. The smallest absolute Gasteiger partial charge is 0.223 e. The number of hydrogen-bond donors (Lipinski definition) is 1. The fourth-order valence-corrected chi connectivity index (χ4v) is 5.70. The molecule has 33 heavy (non-hydrogen) atoms. The molecule has 1 fully saturated rings. The Kier molecular flexibility index (Phi) is 6.90. The molecule has 174 valence electrons. The third-order valence-corrected chi connectivity index (χ3v) is 7.86. The number of benzene rings is 2. The van der Waals surface area contributed by atoms with Crippen LogP contribution in [0.1, 0.15) is 29.8 Å². The van der Waals surface area contributed by atoms with Crippen LogP contribution in [-0.2, 0) is 27.1 Å². The molecular formula is C24H27FN4O3S. The van der Waals surface area contributed by atoms with Crippen LogP contribution in [0, 0.1) is 18.7 Å². The van der Waals surface area contributed by atoms with E-state index in [4.69, 9.17) is 0 Å². The van der Waals surface area contributed by atoms with E-state index in [1.165, 1.54) is 28.6 Å². The molecule has 1 aromatic heterocycles. The standard InChI is InChI=1S/C24H27FN4O3S/c1-18-26-12-15-29(18)23-5-3-2-4-21(23)16-27-24(30)20-10-13-28(14-11-20)33(31,32)17-19-6-8-22(25)9-7-19/h2-9,12,15,20H,10-11,13-14,16-17H2,1H3,(H,27,30). The molecule has 1 aliphatic rings. The lowest BCUT2D eigenvalue weighted by atomic mass is 9.97. The number of amides is 1. The average Bonchev–Trinajstić information content (AvgIpc) is 3.25. The van der Waals surface area contributed by atoms with Gasteiger partial charge < -0.3 is 9.88 Å². The number of sulfonamides is 1. The number of aromatic nitrogens is 2. The van der Waals surface area contributed by atoms with Gasteiger partial charge in [-0.3, -0.25) is 4.79 Å². The van der Waals surface area contributed by atoms with E-state index in [1.54, 1.807) is 6.20 Å². The number of piperidine rings is 1. The third kappa shape index (κ3) is 5.48. The summed E-state index contributed by atoms with van der Waals surface area (Å²) in [5.74, 6) is -0.00452. The first-order chi connectivity index (χ1) is 15.8. The van der Waals surface area contributed by atoms with Gasteiger partial charge in [0.05, 0.1) is 11.4 Å². The van der Waals surface area contributed by atoms with Gasteiger partial charge in [-0.05, 0) is 49.1 Å². The monoisotopic (exact) mass is 470 g/mol. The maximum absolute atomic E-state index is 13.1. The van der Waals surface area contributed by atoms with Crippen molar-refractivity contribution in [3.05, 3.63) is 83.7 Å². The maximum Gasteiger partial charge on any atom is 0.223 e. The van der Waals surface area contributed by atoms with E-state index in [0.29, 0.717) is 38.0 Å². The molecule has 1 amide bonds. The number of carbonyl (C=O) groups excluding carboxylic acids is 1. The van der Waals surface area contributed by atoms with Crippen LogP contribution in [0.5, 0.6) is 0 Å². The lowest BCUT2D eigenvalue weighted by molar-refractivity contribution is -0.126. The molecule has 0 spiro atoms. The van der Waals surface area contributed by atoms with Gasteiger partial charge >= 0.3 is 0 Å². The molecule has 3 aromatic rings. The van der Waals surface area contributed by atoms with Crippen molar-refractivity contribution in [3.63, 3.8) is 0 Å². The molecule has 0 saturated carbocycles. The van der Waals surface area contributed by atoms with E-state index >= 15 is 0 Å². The predicted octanol–water partition coefficient (Wildman–Crippen LogP) is 3.18. The lowest BCUT2D eigenvalue weighted by Crippen LogP contribution is -2.43. The normalized spacial score (nSPS) is 15.5. The van der Waals surface area contributed by atoms with Gasteiger partial charge in [-0.15, -0.1) is 0 Å². The van der Waals surface area contributed by atoms with Crippen molar-refractivity contribution in [2.75, 3.05) is 13.1 Å². The highest BCUT2D eigenvalue weighted by atomic mass is 32.2. The van der Waals surface area contributed by atoms with Crippen LogP contribution in [0.4, 0.5) is 4.39 Å². The number of imidazole rings is 1. The Labute approximate surface area is 193 Å². The molecule has 0 unspecified atom stereocenters. The minimum atomic E-state index is -3.52. The highest BCUT2D eigenvalue weighted by Gasteiger charge is 2.31. The second-order valence-corrected chi connectivity index (χ2v) is 10.2. The van der Waals surface area contributed by atoms with Crippen molar-refractivity contribution in [1.82, 2.24) is 19.2 Å². The van der Waals surface area contributed by atoms with Gasteiger partial charge in [0.2, 0.25) is 15.9 Å². The van der Waals surface area contributed by atoms with Crippen molar-refractivity contribution in [1.29, 1.82) is 0 Å². The second-order valence-electron chi connectivity index (χ2n) is 8.25. The highest BCUT2D eigenvalue weighted by molar-refractivity contribution is 7.88. The molecule has 0 radical (unpaired) electrons. The zero-order valence-electron chi connectivity index (χ0n) is 18.4. The lowest BCUT2D eigenvalue weighted by Gasteiger charge is -2.30. The Hall–Kier alpha value is -3.04. The van der Waals surface area contributed by atoms with E-state index in [0.717, 1.165) is 17.1 Å². The van der Waals surface area contributed by atoms with Crippen molar-refractivity contribution >= 4 is 15.9 Å². The topological polar surface area (TPSA) is 84.3 Å². The molecule has 2 aromatic carbocycles. The SMILES string of the molecule is Cc1nccn1-c1ccccc1CNC(=O)C1CCN(S(=O)(=O)Cc2ccc(F)cc2)CC1. The van der Waals surface area contributed by atoms with Crippen LogP contribution in [0.15, 0.2) is 60.9 Å². The van der Waals surface area contributed by atoms with Gasteiger partial charge in [0.25, 0.3) is 0 Å². The third-order valence-electron chi connectivity index (χ3n) is 6.01. The maximum atomic E-state index is 13.1. The number of hydrogen-bond acceptors (Lipinski definition) is 4. The summed E-state index contributed by atoms with van der Waals surface area (Å²) < 4.78 is 41.9. The number of para-hydroxylation sites is 1. The Morgan fingerprint density at radius 3 is 2.48 bits per heavy atom. The van der Waals surface area contributed by atoms with Gasteiger partial charge in [-0.25, -0.2) is 22.1 Å². The predicted molar refractivity (Wildman–Crippen MR) is 123 cm³/mol.